The van der Waals surface area contributed by atoms with Crippen molar-refractivity contribution in [1.29, 1.82) is 0 Å². The Bertz CT molecular complexity index is 744. The van der Waals surface area contributed by atoms with E-state index < -0.39 is 0 Å². The summed E-state index contributed by atoms with van der Waals surface area (Å²) in [7, 11) is 1.71. The summed E-state index contributed by atoms with van der Waals surface area (Å²) < 4.78 is 21.8. The lowest BCUT2D eigenvalue weighted by atomic mass is 10.3. The number of nitrogens with zero attached hydrogens (tertiary/aromatic N) is 2. The Morgan fingerprint density at radius 2 is 2.04 bits per heavy atom. The van der Waals surface area contributed by atoms with Crippen molar-refractivity contribution in [3.8, 4) is 17.2 Å². The van der Waals surface area contributed by atoms with Gasteiger partial charge in [0.05, 0.1) is 18.8 Å². The molecule has 1 aliphatic rings. The van der Waals surface area contributed by atoms with Gasteiger partial charge < -0.3 is 29.3 Å². The number of aryl methyl sites for hydroxylation is 2. The molecule has 0 fully saturated rings. The Kier molecular flexibility index (Phi) is 7.37. The number of hydrogen-bond donors (Lipinski definition) is 2. The molecule has 9 heteroatoms. The Morgan fingerprint density at radius 3 is 2.77 bits per heavy atom. The summed E-state index contributed by atoms with van der Waals surface area (Å²) >= 11 is 0. The summed E-state index contributed by atoms with van der Waals surface area (Å²) in [4.78, 5) is 8.48. The van der Waals surface area contributed by atoms with Crippen molar-refractivity contribution in [2.75, 3.05) is 27.0 Å². The molecular formula is C17H23IN4O4. The van der Waals surface area contributed by atoms with Crippen LogP contribution in [-0.4, -0.2) is 37.9 Å². The smallest absolute Gasteiger partial charge is 0.231 e. The maximum Gasteiger partial charge on any atom is 0.231 e. The first-order chi connectivity index (χ1) is 12.2. The number of rotatable bonds is 6. The largest absolute Gasteiger partial charge is 0.492 e. The monoisotopic (exact) mass is 474 g/mol. The van der Waals surface area contributed by atoms with E-state index in [1.807, 2.05) is 32.0 Å². The maximum atomic E-state index is 5.70. The third kappa shape index (κ3) is 5.16. The highest BCUT2D eigenvalue weighted by Crippen LogP contribution is 2.34. The molecule has 0 unspecified atom stereocenters. The van der Waals surface area contributed by atoms with Gasteiger partial charge in [0.2, 0.25) is 12.7 Å². The fourth-order valence-electron chi connectivity index (χ4n) is 2.30. The van der Waals surface area contributed by atoms with Crippen LogP contribution in [0.4, 0.5) is 0 Å². The first kappa shape index (κ1) is 20.1. The lowest BCUT2D eigenvalue weighted by molar-refractivity contribution is 0.173. The maximum absolute atomic E-state index is 5.70. The van der Waals surface area contributed by atoms with E-state index in [2.05, 4.69) is 20.6 Å². The lowest BCUT2D eigenvalue weighted by Crippen LogP contribution is -2.38. The molecule has 0 radical (unpaired) electrons. The molecule has 0 saturated heterocycles. The van der Waals surface area contributed by atoms with Crippen molar-refractivity contribution >= 4 is 29.9 Å². The molecule has 8 nitrogen and oxygen atoms in total. The molecule has 26 heavy (non-hydrogen) atoms. The molecule has 3 rings (SSSR count). The zero-order chi connectivity index (χ0) is 17.6. The van der Waals surface area contributed by atoms with Gasteiger partial charge in [-0.25, -0.2) is 4.98 Å². The van der Waals surface area contributed by atoms with E-state index in [9.17, 15) is 0 Å². The van der Waals surface area contributed by atoms with Gasteiger partial charge >= 0.3 is 0 Å². The number of nitrogens with one attached hydrogen (secondary N) is 2. The molecule has 142 valence electrons. The van der Waals surface area contributed by atoms with E-state index in [0.29, 0.717) is 37.3 Å². The van der Waals surface area contributed by atoms with Gasteiger partial charge in [-0.2, -0.15) is 0 Å². The average Bonchev–Trinajstić information content (AvgIpc) is 3.20. The van der Waals surface area contributed by atoms with E-state index in [4.69, 9.17) is 18.6 Å². The Labute approximate surface area is 169 Å². The molecule has 0 saturated carbocycles. The SMILES string of the molecule is CN=C(NCCOc1ccc2c(c1)OCO2)NCc1nc(C)c(C)o1.I. The van der Waals surface area contributed by atoms with Crippen molar-refractivity contribution in [2.24, 2.45) is 4.99 Å². The predicted molar refractivity (Wildman–Crippen MR) is 108 cm³/mol. The second kappa shape index (κ2) is 9.51. The van der Waals surface area contributed by atoms with Gasteiger partial charge in [0.25, 0.3) is 0 Å². The van der Waals surface area contributed by atoms with Crippen molar-refractivity contribution in [3.05, 3.63) is 35.5 Å². The number of aliphatic imine (C=N–C) groups is 1. The lowest BCUT2D eigenvalue weighted by Gasteiger charge is -2.11. The summed E-state index contributed by atoms with van der Waals surface area (Å²) in [6.07, 6.45) is 0. The van der Waals surface area contributed by atoms with Crippen molar-refractivity contribution in [1.82, 2.24) is 15.6 Å². The molecule has 2 heterocycles. The topological polar surface area (TPSA) is 90.1 Å². The highest BCUT2D eigenvalue weighted by molar-refractivity contribution is 14.0. The number of ether oxygens (including phenoxy) is 3. The molecule has 1 aromatic carbocycles. The summed E-state index contributed by atoms with van der Waals surface area (Å²) in [5, 5.41) is 6.32. The summed E-state index contributed by atoms with van der Waals surface area (Å²) in [6, 6.07) is 5.52. The minimum atomic E-state index is 0. The third-order valence-corrected chi connectivity index (χ3v) is 3.71. The van der Waals surface area contributed by atoms with E-state index in [-0.39, 0.29) is 30.8 Å². The van der Waals surface area contributed by atoms with Gasteiger partial charge in [-0.3, -0.25) is 4.99 Å². The quantitative estimate of drug-likeness (QED) is 0.288. The average molecular weight is 474 g/mol. The normalized spacial score (nSPS) is 12.5. The van der Waals surface area contributed by atoms with Crippen LogP contribution < -0.4 is 24.8 Å². The Balaban J connectivity index is 0.00000243. The van der Waals surface area contributed by atoms with Crippen LogP contribution in [0.25, 0.3) is 0 Å². The van der Waals surface area contributed by atoms with Gasteiger partial charge in [-0.1, -0.05) is 0 Å². The molecular weight excluding hydrogens is 451 g/mol. The van der Waals surface area contributed by atoms with Crippen LogP contribution in [0, 0.1) is 13.8 Å². The minimum Gasteiger partial charge on any atom is -0.492 e. The minimum absolute atomic E-state index is 0. The fraction of sp³-hybridized carbons (Fsp3) is 0.412. The van der Waals surface area contributed by atoms with Crippen LogP contribution in [0.2, 0.25) is 0 Å². The molecule has 0 atom stereocenters. The van der Waals surface area contributed by atoms with Gasteiger partial charge in [-0.15, -0.1) is 24.0 Å². The molecule has 0 spiro atoms. The van der Waals surface area contributed by atoms with E-state index in [0.717, 1.165) is 23.0 Å². The van der Waals surface area contributed by atoms with E-state index in [1.54, 1.807) is 7.05 Å². The zero-order valence-corrected chi connectivity index (χ0v) is 17.3. The second-order valence-electron chi connectivity index (χ2n) is 5.47. The molecule has 0 aliphatic carbocycles. The zero-order valence-electron chi connectivity index (χ0n) is 15.0. The van der Waals surface area contributed by atoms with Crippen LogP contribution in [-0.2, 0) is 6.54 Å². The predicted octanol–water partition coefficient (Wildman–Crippen LogP) is 2.38. The van der Waals surface area contributed by atoms with E-state index in [1.165, 1.54) is 0 Å². The molecule has 0 bridgehead atoms. The van der Waals surface area contributed by atoms with Gasteiger partial charge in [0, 0.05) is 13.1 Å². The van der Waals surface area contributed by atoms with E-state index >= 15 is 0 Å². The first-order valence-electron chi connectivity index (χ1n) is 8.05. The number of guanidine groups is 1. The van der Waals surface area contributed by atoms with Crippen molar-refractivity contribution < 1.29 is 18.6 Å². The van der Waals surface area contributed by atoms with Gasteiger partial charge in [0.1, 0.15) is 18.1 Å². The number of fused-ring (bicyclic) bond motifs is 1. The number of oxazole rings is 1. The second-order valence-corrected chi connectivity index (χ2v) is 5.47. The summed E-state index contributed by atoms with van der Waals surface area (Å²) in [5.41, 5.74) is 0.900. The van der Waals surface area contributed by atoms with Gasteiger partial charge in [-0.05, 0) is 26.0 Å². The number of benzene rings is 1. The molecule has 1 aliphatic heterocycles. The Hall–Kier alpha value is -2.17. The molecule has 0 amide bonds. The number of halogens is 1. The fourth-order valence-corrected chi connectivity index (χ4v) is 2.30. The van der Waals surface area contributed by atoms with Crippen LogP contribution in [0.5, 0.6) is 17.2 Å². The van der Waals surface area contributed by atoms with Crippen molar-refractivity contribution in [3.63, 3.8) is 0 Å². The van der Waals surface area contributed by atoms with Crippen LogP contribution in [0.1, 0.15) is 17.3 Å². The third-order valence-electron chi connectivity index (χ3n) is 3.71. The number of aromatic nitrogens is 1. The van der Waals surface area contributed by atoms with Gasteiger partial charge in [0.15, 0.2) is 17.5 Å². The standard InChI is InChI=1S/C17H22N4O4.HI/c1-11-12(2)25-16(21-11)9-20-17(18-3)19-6-7-22-13-4-5-14-15(8-13)24-10-23-14;/h4-5,8H,6-7,9-10H2,1-3H3,(H2,18,19,20);1H. The first-order valence-corrected chi connectivity index (χ1v) is 8.05. The van der Waals surface area contributed by atoms with Crippen LogP contribution >= 0.6 is 24.0 Å². The molecule has 1 aromatic heterocycles. The number of hydrogen-bond acceptors (Lipinski definition) is 6. The highest BCUT2D eigenvalue weighted by atomic mass is 127. The highest BCUT2D eigenvalue weighted by Gasteiger charge is 2.13. The van der Waals surface area contributed by atoms with Crippen LogP contribution in [0.3, 0.4) is 0 Å². The summed E-state index contributed by atoms with van der Waals surface area (Å²) in [5.74, 6) is 4.31. The summed E-state index contributed by atoms with van der Waals surface area (Å²) in [6.45, 7) is 5.62. The van der Waals surface area contributed by atoms with Crippen molar-refractivity contribution in [2.45, 2.75) is 20.4 Å². The van der Waals surface area contributed by atoms with Crippen LogP contribution in [0.15, 0.2) is 27.6 Å². The molecule has 2 aromatic rings. The molecule has 2 N–H and O–H groups in total. The Morgan fingerprint density at radius 1 is 1.23 bits per heavy atom.